The summed E-state index contributed by atoms with van der Waals surface area (Å²) in [4.78, 5) is 23.5. The number of carbonyl (C=O) groups excluding carboxylic acids is 2. The third-order valence-electron chi connectivity index (χ3n) is 2.92. The number of ether oxygens (including phenoxy) is 1. The number of allylic oxidation sites excluding steroid dienone is 1. The summed E-state index contributed by atoms with van der Waals surface area (Å²) in [6, 6.07) is -0.599. The van der Waals surface area contributed by atoms with Gasteiger partial charge < -0.3 is 10.1 Å². The molecule has 0 aliphatic rings. The lowest BCUT2D eigenvalue weighted by Crippen LogP contribution is -2.49. The molecule has 0 bridgehead atoms. The maximum atomic E-state index is 11.8. The van der Waals surface area contributed by atoms with Gasteiger partial charge in [0.25, 0.3) is 0 Å². The topological polar surface area (TPSA) is 55.4 Å². The second kappa shape index (κ2) is 8.73. The Hall–Kier alpha value is -1.32. The Kier molecular flexibility index (Phi) is 8.12. The van der Waals surface area contributed by atoms with E-state index in [9.17, 15) is 9.59 Å². The van der Waals surface area contributed by atoms with Crippen molar-refractivity contribution in [1.82, 2.24) is 5.32 Å². The smallest absolute Gasteiger partial charge is 0.328 e. The molecule has 1 atom stereocenters. The molecule has 0 fully saturated rings. The number of rotatable bonds is 8. The van der Waals surface area contributed by atoms with Crippen LogP contribution in [0.15, 0.2) is 12.7 Å². The second-order valence-corrected chi connectivity index (χ2v) is 5.78. The third kappa shape index (κ3) is 7.65. The first-order valence-corrected chi connectivity index (χ1v) is 6.81. The van der Waals surface area contributed by atoms with Gasteiger partial charge in [0.1, 0.15) is 6.04 Å². The minimum absolute atomic E-state index is 0.0936. The summed E-state index contributed by atoms with van der Waals surface area (Å²) < 4.78 is 4.73. The largest absolute Gasteiger partial charge is 0.467 e. The number of unbranched alkanes of at least 4 members (excludes halogenated alkanes) is 3. The van der Waals surface area contributed by atoms with Gasteiger partial charge in [0, 0.05) is 6.42 Å². The van der Waals surface area contributed by atoms with Gasteiger partial charge in [-0.05, 0) is 24.7 Å². The molecule has 4 nitrogen and oxygen atoms in total. The summed E-state index contributed by atoms with van der Waals surface area (Å²) in [7, 11) is 1.34. The first-order chi connectivity index (χ1) is 8.82. The van der Waals surface area contributed by atoms with Crippen molar-refractivity contribution in [1.29, 1.82) is 0 Å². The van der Waals surface area contributed by atoms with Crippen LogP contribution < -0.4 is 5.32 Å². The monoisotopic (exact) mass is 269 g/mol. The van der Waals surface area contributed by atoms with Crippen molar-refractivity contribution in [2.24, 2.45) is 5.41 Å². The maximum Gasteiger partial charge on any atom is 0.328 e. The van der Waals surface area contributed by atoms with Gasteiger partial charge in [0.05, 0.1) is 7.11 Å². The average molecular weight is 269 g/mol. The Morgan fingerprint density at radius 3 is 2.37 bits per heavy atom. The minimum atomic E-state index is -0.599. The molecule has 1 unspecified atom stereocenters. The van der Waals surface area contributed by atoms with Gasteiger partial charge in [-0.1, -0.05) is 33.3 Å². The summed E-state index contributed by atoms with van der Waals surface area (Å²) in [5, 5.41) is 2.76. The molecule has 0 saturated carbocycles. The van der Waals surface area contributed by atoms with E-state index in [0.29, 0.717) is 6.42 Å². The zero-order valence-electron chi connectivity index (χ0n) is 12.6. The molecule has 1 N–H and O–H groups in total. The fraction of sp³-hybridized carbons (Fsp3) is 0.733. The van der Waals surface area contributed by atoms with Crippen LogP contribution in [0.25, 0.3) is 0 Å². The number of hydrogen-bond donors (Lipinski definition) is 1. The number of nitrogens with one attached hydrogen (secondary N) is 1. The molecule has 4 heteroatoms. The van der Waals surface area contributed by atoms with Crippen molar-refractivity contribution in [3.63, 3.8) is 0 Å². The first kappa shape index (κ1) is 17.7. The highest BCUT2D eigenvalue weighted by Gasteiger charge is 2.33. The van der Waals surface area contributed by atoms with Crippen molar-refractivity contribution in [2.45, 2.75) is 58.9 Å². The first-order valence-electron chi connectivity index (χ1n) is 6.81. The van der Waals surface area contributed by atoms with Crippen molar-refractivity contribution in [3.8, 4) is 0 Å². The summed E-state index contributed by atoms with van der Waals surface area (Å²) in [5.74, 6) is -0.489. The van der Waals surface area contributed by atoms with Crippen LogP contribution in [-0.4, -0.2) is 25.0 Å². The molecule has 0 radical (unpaired) electrons. The van der Waals surface area contributed by atoms with E-state index >= 15 is 0 Å². The van der Waals surface area contributed by atoms with Gasteiger partial charge in [-0.25, -0.2) is 4.79 Å². The van der Waals surface area contributed by atoms with Crippen molar-refractivity contribution >= 4 is 11.9 Å². The molecule has 0 aromatic carbocycles. The lowest BCUT2D eigenvalue weighted by atomic mass is 9.86. The van der Waals surface area contributed by atoms with Crippen molar-refractivity contribution < 1.29 is 14.3 Å². The maximum absolute atomic E-state index is 11.8. The zero-order chi connectivity index (χ0) is 14.9. The Balaban J connectivity index is 4.18. The molecule has 0 rings (SSSR count). The van der Waals surface area contributed by atoms with E-state index in [-0.39, 0.29) is 11.3 Å². The van der Waals surface area contributed by atoms with Crippen molar-refractivity contribution in [3.05, 3.63) is 12.7 Å². The minimum Gasteiger partial charge on any atom is -0.467 e. The van der Waals surface area contributed by atoms with E-state index in [1.807, 2.05) is 26.8 Å². The van der Waals surface area contributed by atoms with E-state index in [2.05, 4.69) is 11.9 Å². The summed E-state index contributed by atoms with van der Waals surface area (Å²) >= 11 is 0. The predicted octanol–water partition coefficient (Wildman–Crippen LogP) is 2.83. The molecule has 0 aromatic rings. The fourth-order valence-corrected chi connectivity index (χ4v) is 1.73. The fourth-order valence-electron chi connectivity index (χ4n) is 1.73. The number of methoxy groups -OCH3 is 1. The highest BCUT2D eigenvalue weighted by atomic mass is 16.5. The van der Waals surface area contributed by atoms with E-state index in [1.165, 1.54) is 7.11 Å². The second-order valence-electron chi connectivity index (χ2n) is 5.78. The van der Waals surface area contributed by atoms with Crippen LogP contribution in [0.3, 0.4) is 0 Å². The summed E-state index contributed by atoms with van der Waals surface area (Å²) in [6.07, 6.45) is 6.19. The molecule has 19 heavy (non-hydrogen) atoms. The van der Waals surface area contributed by atoms with E-state index in [4.69, 9.17) is 4.74 Å². The van der Waals surface area contributed by atoms with Crippen LogP contribution >= 0.6 is 0 Å². The molecule has 110 valence electrons. The van der Waals surface area contributed by atoms with Gasteiger partial charge in [0.2, 0.25) is 5.91 Å². The number of carbonyl (C=O) groups is 2. The van der Waals surface area contributed by atoms with Gasteiger partial charge in [-0.15, -0.1) is 6.58 Å². The number of amides is 1. The summed E-state index contributed by atoms with van der Waals surface area (Å²) in [5.41, 5.74) is -0.356. The molecule has 0 aromatic heterocycles. The van der Waals surface area contributed by atoms with Crippen LogP contribution in [-0.2, 0) is 14.3 Å². The zero-order valence-corrected chi connectivity index (χ0v) is 12.6. The Labute approximate surface area is 116 Å². The predicted molar refractivity (Wildman–Crippen MR) is 76.7 cm³/mol. The van der Waals surface area contributed by atoms with E-state index < -0.39 is 12.0 Å². The quantitative estimate of drug-likeness (QED) is 0.419. The highest BCUT2D eigenvalue weighted by molar-refractivity contribution is 5.84. The van der Waals surface area contributed by atoms with E-state index in [0.717, 1.165) is 25.7 Å². The third-order valence-corrected chi connectivity index (χ3v) is 2.92. The number of esters is 1. The molecule has 0 spiro atoms. The van der Waals surface area contributed by atoms with E-state index in [1.54, 1.807) is 0 Å². The Morgan fingerprint density at radius 2 is 1.89 bits per heavy atom. The lowest BCUT2D eigenvalue weighted by Gasteiger charge is -2.29. The van der Waals surface area contributed by atoms with Gasteiger partial charge >= 0.3 is 5.97 Å². The normalized spacial score (nSPS) is 12.6. The molecule has 0 aliphatic carbocycles. The van der Waals surface area contributed by atoms with Crippen molar-refractivity contribution in [2.75, 3.05) is 7.11 Å². The average Bonchev–Trinajstić information content (AvgIpc) is 2.33. The van der Waals surface area contributed by atoms with Gasteiger partial charge in [-0.3, -0.25) is 4.79 Å². The lowest BCUT2D eigenvalue weighted by molar-refractivity contribution is -0.148. The Bertz CT molecular complexity index is 305. The highest BCUT2D eigenvalue weighted by Crippen LogP contribution is 2.20. The van der Waals surface area contributed by atoms with Crippen LogP contribution in [0, 0.1) is 5.41 Å². The Morgan fingerprint density at radius 1 is 1.26 bits per heavy atom. The SMILES string of the molecule is C=CCCCCCC(=O)NC(C(=O)OC)C(C)(C)C. The molecular weight excluding hydrogens is 242 g/mol. The molecule has 1 amide bonds. The standard InChI is InChI=1S/C15H27NO3/c1-6-7-8-9-10-11-12(17)16-13(14(18)19-5)15(2,3)4/h6,13H,1,7-11H2,2-5H3,(H,16,17). The van der Waals surface area contributed by atoms with Gasteiger partial charge in [0.15, 0.2) is 0 Å². The summed E-state index contributed by atoms with van der Waals surface area (Å²) in [6.45, 7) is 9.36. The van der Waals surface area contributed by atoms with Crippen LogP contribution in [0.4, 0.5) is 0 Å². The molecular formula is C15H27NO3. The van der Waals surface area contributed by atoms with Gasteiger partial charge in [-0.2, -0.15) is 0 Å². The molecule has 0 aliphatic heterocycles. The van der Waals surface area contributed by atoms with Crippen LogP contribution in [0.5, 0.6) is 0 Å². The van der Waals surface area contributed by atoms with Crippen LogP contribution in [0.2, 0.25) is 0 Å². The molecule has 0 heterocycles. The number of hydrogen-bond acceptors (Lipinski definition) is 3. The van der Waals surface area contributed by atoms with Crippen LogP contribution in [0.1, 0.15) is 52.9 Å². The molecule has 0 saturated heterocycles.